The van der Waals surface area contributed by atoms with E-state index in [4.69, 9.17) is 0 Å². The van der Waals surface area contributed by atoms with Gasteiger partial charge in [-0.1, -0.05) is 48.2 Å². The Labute approximate surface area is 111 Å². The number of thioether (sulfide) groups is 1. The standard InChI is InChI=1S/C14H15N3S/c1-18-14(15-12-8-4-2-5-9-12)17-16-13-10-6-3-7-11-13/h2-11,16H,1H3,(H,15,17). The second-order valence-corrected chi connectivity index (χ2v) is 4.37. The predicted octanol–water partition coefficient (Wildman–Crippen LogP) is 3.65. The fourth-order valence-electron chi connectivity index (χ4n) is 1.39. The van der Waals surface area contributed by atoms with Crippen LogP contribution >= 0.6 is 11.8 Å². The Morgan fingerprint density at radius 2 is 1.56 bits per heavy atom. The Balaban J connectivity index is 2.00. The molecule has 0 atom stereocenters. The quantitative estimate of drug-likeness (QED) is 0.500. The van der Waals surface area contributed by atoms with Crippen molar-refractivity contribution >= 4 is 28.3 Å². The van der Waals surface area contributed by atoms with E-state index in [-0.39, 0.29) is 0 Å². The molecule has 0 bridgehead atoms. The van der Waals surface area contributed by atoms with E-state index in [9.17, 15) is 0 Å². The van der Waals surface area contributed by atoms with Gasteiger partial charge in [0.2, 0.25) is 0 Å². The first-order valence-corrected chi connectivity index (χ1v) is 6.86. The van der Waals surface area contributed by atoms with Gasteiger partial charge in [-0.05, 0) is 30.5 Å². The van der Waals surface area contributed by atoms with Gasteiger partial charge in [-0.15, -0.1) is 0 Å². The van der Waals surface area contributed by atoms with Gasteiger partial charge in [0.15, 0.2) is 5.17 Å². The average Bonchev–Trinajstić information content (AvgIpc) is 2.45. The molecule has 2 rings (SSSR count). The number of aliphatic imine (C=N–C) groups is 1. The topological polar surface area (TPSA) is 36.4 Å². The van der Waals surface area contributed by atoms with E-state index >= 15 is 0 Å². The van der Waals surface area contributed by atoms with Crippen molar-refractivity contribution in [3.8, 4) is 0 Å². The van der Waals surface area contributed by atoms with Crippen LogP contribution in [0.3, 0.4) is 0 Å². The minimum absolute atomic E-state index is 0.824. The van der Waals surface area contributed by atoms with E-state index in [1.165, 1.54) is 0 Å². The molecular formula is C14H15N3S. The van der Waals surface area contributed by atoms with Gasteiger partial charge >= 0.3 is 0 Å². The molecule has 0 fully saturated rings. The SMILES string of the molecule is CSC(=Nc1ccccc1)NNc1ccccc1. The lowest BCUT2D eigenvalue weighted by Gasteiger charge is -2.10. The van der Waals surface area contributed by atoms with Gasteiger partial charge < -0.3 is 0 Å². The zero-order valence-corrected chi connectivity index (χ0v) is 10.9. The molecule has 0 aliphatic heterocycles. The highest BCUT2D eigenvalue weighted by molar-refractivity contribution is 8.13. The van der Waals surface area contributed by atoms with Crippen LogP contribution in [0.4, 0.5) is 11.4 Å². The molecule has 4 heteroatoms. The summed E-state index contributed by atoms with van der Waals surface area (Å²) >= 11 is 1.56. The van der Waals surface area contributed by atoms with Crippen LogP contribution in [0.25, 0.3) is 0 Å². The third kappa shape index (κ3) is 3.82. The Bertz CT molecular complexity index is 497. The highest BCUT2D eigenvalue weighted by Gasteiger charge is 1.96. The summed E-state index contributed by atoms with van der Waals surface area (Å²) in [6.07, 6.45) is 1.99. The van der Waals surface area contributed by atoms with Crippen LogP contribution in [0.1, 0.15) is 0 Å². The lowest BCUT2D eigenvalue weighted by atomic mass is 10.3. The first-order chi connectivity index (χ1) is 8.88. The number of hydrogen-bond acceptors (Lipinski definition) is 3. The van der Waals surface area contributed by atoms with E-state index < -0.39 is 0 Å². The monoisotopic (exact) mass is 257 g/mol. The number of hydrazine groups is 1. The van der Waals surface area contributed by atoms with Gasteiger partial charge in [-0.25, -0.2) is 4.99 Å². The van der Waals surface area contributed by atoms with E-state index in [0.29, 0.717) is 0 Å². The molecule has 0 radical (unpaired) electrons. The number of nitrogens with one attached hydrogen (secondary N) is 2. The number of anilines is 1. The third-order valence-electron chi connectivity index (χ3n) is 2.27. The van der Waals surface area contributed by atoms with Crippen LogP contribution in [0.15, 0.2) is 65.7 Å². The lowest BCUT2D eigenvalue weighted by molar-refractivity contribution is 1.14. The van der Waals surface area contributed by atoms with Crippen LogP contribution in [-0.2, 0) is 0 Å². The van der Waals surface area contributed by atoms with Crippen LogP contribution in [0, 0.1) is 0 Å². The summed E-state index contributed by atoms with van der Waals surface area (Å²) in [5, 5.41) is 0.824. The van der Waals surface area contributed by atoms with Crippen LogP contribution < -0.4 is 10.9 Å². The average molecular weight is 257 g/mol. The van der Waals surface area contributed by atoms with Crippen molar-refractivity contribution in [1.82, 2.24) is 5.43 Å². The molecule has 0 aliphatic rings. The van der Waals surface area contributed by atoms with E-state index in [1.54, 1.807) is 11.8 Å². The number of amidine groups is 1. The highest BCUT2D eigenvalue weighted by atomic mass is 32.2. The fourth-order valence-corrected chi connectivity index (χ4v) is 1.74. The molecule has 2 aromatic rings. The van der Waals surface area contributed by atoms with Gasteiger partial charge in [0, 0.05) is 0 Å². The van der Waals surface area contributed by atoms with E-state index in [2.05, 4.69) is 15.8 Å². The normalized spacial score (nSPS) is 11.1. The van der Waals surface area contributed by atoms with Crippen molar-refractivity contribution in [2.24, 2.45) is 4.99 Å². The number of hydrogen-bond donors (Lipinski definition) is 2. The third-order valence-corrected chi connectivity index (χ3v) is 2.85. The summed E-state index contributed by atoms with van der Waals surface area (Å²) in [7, 11) is 0. The van der Waals surface area contributed by atoms with Gasteiger partial charge in [-0.2, -0.15) is 0 Å². The van der Waals surface area contributed by atoms with Gasteiger partial charge in [0.25, 0.3) is 0 Å². The molecule has 18 heavy (non-hydrogen) atoms. The molecule has 0 aromatic heterocycles. The van der Waals surface area contributed by atoms with Gasteiger partial charge in [-0.3, -0.25) is 10.9 Å². The lowest BCUT2D eigenvalue weighted by Crippen LogP contribution is -2.26. The van der Waals surface area contributed by atoms with Crippen molar-refractivity contribution in [2.75, 3.05) is 11.7 Å². The van der Waals surface area contributed by atoms with Crippen molar-refractivity contribution in [2.45, 2.75) is 0 Å². The summed E-state index contributed by atoms with van der Waals surface area (Å²) in [6, 6.07) is 19.8. The number of rotatable bonds is 3. The predicted molar refractivity (Wildman–Crippen MR) is 80.3 cm³/mol. The Kier molecular flexibility index (Phi) is 4.67. The summed E-state index contributed by atoms with van der Waals surface area (Å²) < 4.78 is 0. The Morgan fingerprint density at radius 1 is 0.944 bits per heavy atom. The molecule has 0 saturated carbocycles. The molecule has 0 spiro atoms. The Hall–Kier alpha value is -1.94. The van der Waals surface area contributed by atoms with Gasteiger partial charge in [0.1, 0.15) is 0 Å². The Morgan fingerprint density at radius 3 is 2.17 bits per heavy atom. The second-order valence-electron chi connectivity index (χ2n) is 3.57. The number of nitrogens with zero attached hydrogens (tertiary/aromatic N) is 1. The summed E-state index contributed by atoms with van der Waals surface area (Å²) in [4.78, 5) is 4.50. The maximum absolute atomic E-state index is 4.50. The summed E-state index contributed by atoms with van der Waals surface area (Å²) in [5.41, 5.74) is 8.15. The first-order valence-electron chi connectivity index (χ1n) is 5.63. The smallest absolute Gasteiger partial charge is 0.180 e. The molecule has 0 unspecified atom stereocenters. The molecule has 0 heterocycles. The molecule has 0 aliphatic carbocycles. The van der Waals surface area contributed by atoms with Crippen LogP contribution in [-0.4, -0.2) is 11.4 Å². The molecular weight excluding hydrogens is 242 g/mol. The molecule has 92 valence electrons. The summed E-state index contributed by atoms with van der Waals surface area (Å²) in [5.74, 6) is 0. The maximum atomic E-state index is 4.50. The molecule has 0 amide bonds. The van der Waals surface area contributed by atoms with E-state index in [0.717, 1.165) is 16.5 Å². The van der Waals surface area contributed by atoms with Crippen molar-refractivity contribution in [3.05, 3.63) is 60.7 Å². The molecule has 3 nitrogen and oxygen atoms in total. The van der Waals surface area contributed by atoms with Crippen LogP contribution in [0.2, 0.25) is 0 Å². The van der Waals surface area contributed by atoms with Crippen molar-refractivity contribution in [1.29, 1.82) is 0 Å². The minimum atomic E-state index is 0.824. The van der Waals surface area contributed by atoms with E-state index in [1.807, 2.05) is 66.9 Å². The zero-order chi connectivity index (χ0) is 12.6. The number of para-hydroxylation sites is 2. The molecule has 2 N–H and O–H groups in total. The maximum Gasteiger partial charge on any atom is 0.180 e. The first kappa shape index (κ1) is 12.5. The summed E-state index contributed by atoms with van der Waals surface area (Å²) in [6.45, 7) is 0. The fraction of sp³-hybridized carbons (Fsp3) is 0.0714. The van der Waals surface area contributed by atoms with Crippen molar-refractivity contribution < 1.29 is 0 Å². The zero-order valence-electron chi connectivity index (χ0n) is 10.1. The minimum Gasteiger partial charge on any atom is -0.299 e. The largest absolute Gasteiger partial charge is 0.299 e. The van der Waals surface area contributed by atoms with Gasteiger partial charge in [0.05, 0.1) is 11.4 Å². The number of benzene rings is 2. The second kappa shape index (κ2) is 6.71. The highest BCUT2D eigenvalue weighted by Crippen LogP contribution is 2.12. The molecule has 2 aromatic carbocycles. The van der Waals surface area contributed by atoms with Crippen LogP contribution in [0.5, 0.6) is 0 Å². The molecule has 0 saturated heterocycles. The van der Waals surface area contributed by atoms with Crippen molar-refractivity contribution in [3.63, 3.8) is 0 Å².